The molecular weight excluding hydrogens is 785 g/mol. The normalized spacial score (nSPS) is 23.9. The number of amidine groups is 1. The van der Waals surface area contributed by atoms with E-state index >= 15 is 0 Å². The lowest BCUT2D eigenvalue weighted by Crippen LogP contribution is -2.56. The molecule has 4 atom stereocenters. The number of nitrogens with one attached hydrogen (secondary N) is 7. The van der Waals surface area contributed by atoms with Crippen LogP contribution in [0.25, 0.3) is 0 Å². The fraction of sp³-hybridized carbons (Fsp3) is 0.465. The zero-order valence-electron chi connectivity index (χ0n) is 34.4. The molecule has 4 bridgehead atoms. The Morgan fingerprint density at radius 3 is 2.15 bits per heavy atom. The van der Waals surface area contributed by atoms with Gasteiger partial charge in [-0.1, -0.05) is 86.9 Å². The number of carbonyl (C=O) groups is 4. The number of carbonyl (C=O) groups excluding carboxylic acids is 4. The van der Waals surface area contributed by atoms with Crippen LogP contribution in [-0.2, 0) is 42.4 Å². The number of hydrogen-bond acceptors (Lipinski definition) is 9. The fourth-order valence-electron chi connectivity index (χ4n) is 7.47. The predicted molar refractivity (Wildman–Crippen MR) is 233 cm³/mol. The summed E-state index contributed by atoms with van der Waals surface area (Å²) in [5, 5.41) is 19.2. The minimum absolute atomic E-state index is 0.0385. The molecular formula is C43H60N10O6S. The number of rotatable bonds is 9. The molecule has 3 aliphatic heterocycles. The number of amides is 4. The monoisotopic (exact) mass is 844 g/mol. The van der Waals surface area contributed by atoms with Gasteiger partial charge in [0.15, 0.2) is 0 Å². The Morgan fingerprint density at radius 1 is 0.867 bits per heavy atom. The lowest BCUT2D eigenvalue weighted by molar-refractivity contribution is -0.129. The van der Waals surface area contributed by atoms with Gasteiger partial charge in [-0.05, 0) is 74.5 Å². The van der Waals surface area contributed by atoms with Gasteiger partial charge < -0.3 is 27.0 Å². The highest BCUT2D eigenvalue weighted by Crippen LogP contribution is 2.19. The molecule has 1 aliphatic carbocycles. The topological polar surface area (TPSA) is 231 Å². The molecule has 2 aromatic rings. The number of allylic oxidation sites excluding steroid dienone is 3. The first-order valence-corrected chi connectivity index (χ1v) is 22.2. The average Bonchev–Trinajstić information content (AvgIpc) is 3.43. The Bertz CT molecular complexity index is 2010. The van der Waals surface area contributed by atoms with E-state index in [4.69, 9.17) is 11.1 Å². The quantitative estimate of drug-likeness (QED) is 0.137. The van der Waals surface area contributed by atoms with Crippen LogP contribution in [0.5, 0.6) is 0 Å². The van der Waals surface area contributed by atoms with Crippen molar-refractivity contribution in [1.82, 2.24) is 35.2 Å². The Balaban J connectivity index is 1.43. The molecule has 16 nitrogen and oxygen atoms in total. The largest absolute Gasteiger partial charge is 0.384 e. The van der Waals surface area contributed by atoms with Crippen LogP contribution in [0.15, 0.2) is 84.6 Å². The summed E-state index contributed by atoms with van der Waals surface area (Å²) >= 11 is 0. The van der Waals surface area contributed by atoms with Crippen LogP contribution in [0.3, 0.4) is 0 Å². The van der Waals surface area contributed by atoms with Gasteiger partial charge in [0.2, 0.25) is 23.6 Å². The summed E-state index contributed by atoms with van der Waals surface area (Å²) < 4.78 is 32.4. The molecule has 0 spiro atoms. The van der Waals surface area contributed by atoms with Crippen LogP contribution in [0, 0.1) is 5.41 Å². The molecule has 324 valence electrons. The van der Waals surface area contributed by atoms with Crippen molar-refractivity contribution >= 4 is 45.4 Å². The van der Waals surface area contributed by atoms with Crippen LogP contribution in [0.2, 0.25) is 0 Å². The standard InChI is InChI=1S/C43H60N10O6S/c1-3-8-34-18-11-30(2)25-37(42(56)46-27-32-12-16-33(17-13-32)41(44)45)49-43(57)38(51-60(58,59)50-36-9-5-4-6-10-36)26-31-14-19-35(20-15-31)48-40(55)29-53-22-7-21-52(23-24-53)28-39(54)47-34/h8,11-20,36-38,50-51H,2-7,9-10,21-29H2,1H3,(H3,44,45)(H,46,56)(H,47,54)(H,48,55)(H,49,57). The van der Waals surface area contributed by atoms with Gasteiger partial charge in [-0.25, -0.2) is 0 Å². The highest BCUT2D eigenvalue weighted by molar-refractivity contribution is 7.87. The summed E-state index contributed by atoms with van der Waals surface area (Å²) in [6.45, 7) is 9.21. The van der Waals surface area contributed by atoms with E-state index in [0.29, 0.717) is 73.5 Å². The van der Waals surface area contributed by atoms with Crippen molar-refractivity contribution in [2.75, 3.05) is 44.6 Å². The van der Waals surface area contributed by atoms with E-state index in [1.165, 1.54) is 0 Å². The van der Waals surface area contributed by atoms with Crippen LogP contribution in [-0.4, -0.2) is 105 Å². The minimum Gasteiger partial charge on any atom is -0.384 e. The molecule has 4 unspecified atom stereocenters. The van der Waals surface area contributed by atoms with E-state index in [9.17, 15) is 27.6 Å². The minimum atomic E-state index is -4.17. The van der Waals surface area contributed by atoms with Crippen LogP contribution < -0.4 is 36.4 Å². The number of hydrogen-bond donors (Lipinski definition) is 8. The Hall–Kier alpha value is -5.20. The average molecular weight is 845 g/mol. The number of anilines is 1. The van der Waals surface area contributed by atoms with Crippen molar-refractivity contribution < 1.29 is 27.6 Å². The van der Waals surface area contributed by atoms with Crippen molar-refractivity contribution in [3.63, 3.8) is 0 Å². The second kappa shape index (κ2) is 22.4. The van der Waals surface area contributed by atoms with Gasteiger partial charge in [0.1, 0.15) is 17.9 Å². The molecule has 6 rings (SSSR count). The van der Waals surface area contributed by atoms with E-state index < -0.39 is 34.1 Å². The molecule has 4 amide bonds. The smallest absolute Gasteiger partial charge is 0.277 e. The van der Waals surface area contributed by atoms with Gasteiger partial charge in [0.05, 0.1) is 13.1 Å². The molecule has 1 saturated carbocycles. The summed E-state index contributed by atoms with van der Waals surface area (Å²) in [4.78, 5) is 58.6. The van der Waals surface area contributed by atoms with Gasteiger partial charge in [0.25, 0.3) is 10.2 Å². The SMILES string of the molecule is C=C1C=CC(=CCC)NC(=O)CN2CCCN(CC2)CC(=O)Nc2ccc(cc2)CC(NS(=O)(=O)NC2CCCCC2)C(=O)NC(C(=O)NCc2ccc(C(=N)N)cc2)C1. The first-order chi connectivity index (χ1) is 28.7. The molecule has 60 heavy (non-hydrogen) atoms. The summed E-state index contributed by atoms with van der Waals surface area (Å²) in [7, 11) is -4.17. The molecule has 2 aromatic carbocycles. The molecule has 0 aromatic heterocycles. The van der Waals surface area contributed by atoms with Crippen molar-refractivity contribution in [3.05, 3.63) is 101 Å². The zero-order chi connectivity index (χ0) is 43.1. The second-order valence-electron chi connectivity index (χ2n) is 15.7. The van der Waals surface area contributed by atoms with E-state index in [1.54, 1.807) is 60.7 Å². The first kappa shape index (κ1) is 45.9. The summed E-state index contributed by atoms with van der Waals surface area (Å²) in [5.41, 5.74) is 9.04. The molecule has 0 radical (unpaired) electrons. The highest BCUT2D eigenvalue weighted by atomic mass is 32.2. The van der Waals surface area contributed by atoms with Crippen molar-refractivity contribution in [1.29, 1.82) is 5.41 Å². The Morgan fingerprint density at radius 2 is 1.52 bits per heavy atom. The number of nitrogens with zero attached hydrogens (tertiary/aromatic N) is 2. The first-order valence-electron chi connectivity index (χ1n) is 20.8. The number of fused-ring (bicyclic) bond motifs is 15. The van der Waals surface area contributed by atoms with Crippen LogP contribution in [0.4, 0.5) is 5.69 Å². The number of nitrogen functional groups attached to an aromatic ring is 1. The van der Waals surface area contributed by atoms with E-state index in [1.807, 2.05) is 13.0 Å². The third kappa shape index (κ3) is 15.1. The van der Waals surface area contributed by atoms with E-state index in [2.05, 4.69) is 47.1 Å². The van der Waals surface area contributed by atoms with Gasteiger partial charge >= 0.3 is 0 Å². The number of benzene rings is 2. The summed E-state index contributed by atoms with van der Waals surface area (Å²) in [6, 6.07) is 10.9. The Labute approximate surface area is 353 Å². The maximum atomic E-state index is 14.3. The van der Waals surface area contributed by atoms with Crippen molar-refractivity contribution in [2.24, 2.45) is 5.73 Å². The Kier molecular flexibility index (Phi) is 17.1. The second-order valence-corrected chi connectivity index (χ2v) is 17.2. The van der Waals surface area contributed by atoms with Crippen LogP contribution >= 0.6 is 0 Å². The molecule has 4 aliphatic rings. The predicted octanol–water partition coefficient (Wildman–Crippen LogP) is 2.31. The molecule has 1 saturated heterocycles. The molecule has 3 heterocycles. The maximum absolute atomic E-state index is 14.3. The van der Waals surface area contributed by atoms with E-state index in [-0.39, 0.29) is 56.2 Å². The maximum Gasteiger partial charge on any atom is 0.277 e. The van der Waals surface area contributed by atoms with Gasteiger partial charge in [-0.2, -0.15) is 17.9 Å². The lowest BCUT2D eigenvalue weighted by atomic mass is 9.96. The third-order valence-electron chi connectivity index (χ3n) is 10.7. The zero-order valence-corrected chi connectivity index (χ0v) is 35.2. The van der Waals surface area contributed by atoms with Gasteiger partial charge in [-0.3, -0.25) is 34.4 Å². The molecule has 2 fully saturated rings. The summed E-state index contributed by atoms with van der Waals surface area (Å²) in [6.07, 6.45) is 10.8. The van der Waals surface area contributed by atoms with Crippen LogP contribution in [0.1, 0.15) is 75.0 Å². The third-order valence-corrected chi connectivity index (χ3v) is 11.9. The summed E-state index contributed by atoms with van der Waals surface area (Å²) in [5.74, 6) is -1.74. The van der Waals surface area contributed by atoms with Gasteiger partial charge in [0, 0.05) is 49.0 Å². The molecule has 17 heteroatoms. The molecule has 9 N–H and O–H groups in total. The van der Waals surface area contributed by atoms with E-state index in [0.717, 1.165) is 31.2 Å². The lowest BCUT2D eigenvalue weighted by Gasteiger charge is -2.26. The fourth-order valence-corrected chi connectivity index (χ4v) is 8.78. The number of nitrogens with two attached hydrogens (primary N) is 1. The van der Waals surface area contributed by atoms with Gasteiger partial charge in [-0.15, -0.1) is 0 Å². The van der Waals surface area contributed by atoms with Crippen molar-refractivity contribution in [2.45, 2.75) is 89.4 Å². The highest BCUT2D eigenvalue weighted by Gasteiger charge is 2.31. The van der Waals surface area contributed by atoms with Crippen molar-refractivity contribution in [3.8, 4) is 0 Å².